The Morgan fingerprint density at radius 3 is 3.00 bits per heavy atom. The largest absolute Gasteiger partial charge is 0.491 e. The number of carbonyl (C=O) groups is 1. The number of benzene rings is 1. The van der Waals surface area contributed by atoms with Crippen LogP contribution in [0.25, 0.3) is 0 Å². The molecular formula is C16H21ClN4O3. The molecule has 0 aliphatic carbocycles. The summed E-state index contributed by atoms with van der Waals surface area (Å²) in [5.41, 5.74) is 0.901. The minimum Gasteiger partial charge on any atom is -0.491 e. The van der Waals surface area contributed by atoms with Gasteiger partial charge in [-0.3, -0.25) is 0 Å². The first-order chi connectivity index (χ1) is 11.5. The molecule has 2 amide bonds. The van der Waals surface area contributed by atoms with E-state index in [1.807, 2.05) is 6.92 Å². The van der Waals surface area contributed by atoms with Crippen molar-refractivity contribution in [2.45, 2.75) is 19.4 Å². The molecule has 0 spiro atoms. The Morgan fingerprint density at radius 1 is 1.46 bits per heavy atom. The molecule has 0 aliphatic heterocycles. The molecule has 1 aromatic heterocycles. The molecular weight excluding hydrogens is 332 g/mol. The maximum atomic E-state index is 11.6. The standard InChI is InChI=1S/C16H21ClN4O3/c1-11-8-13(2-3-14(11)17)24-10-12(22)9-21-16(23)20-5-4-15-18-6-7-19-15/h2-3,6-8,12,22H,4-5,9-10H2,1H3,(H,18,19)(H2,20,21,23)/t12-/m1/s1. The predicted molar refractivity (Wildman–Crippen MR) is 91.4 cm³/mol. The van der Waals surface area contributed by atoms with Crippen molar-refractivity contribution in [3.05, 3.63) is 47.0 Å². The van der Waals surface area contributed by atoms with Gasteiger partial charge in [0, 0.05) is 36.9 Å². The second-order valence-corrected chi connectivity index (χ2v) is 5.71. The summed E-state index contributed by atoms with van der Waals surface area (Å²) in [6.07, 6.45) is 3.20. The third-order valence-electron chi connectivity index (χ3n) is 3.27. The molecule has 8 heteroatoms. The van der Waals surface area contributed by atoms with Crippen LogP contribution in [0.5, 0.6) is 5.75 Å². The number of rotatable bonds is 8. The van der Waals surface area contributed by atoms with Crippen molar-refractivity contribution in [2.24, 2.45) is 0 Å². The minimum atomic E-state index is -0.809. The van der Waals surface area contributed by atoms with Gasteiger partial charge in [0.15, 0.2) is 0 Å². The number of amides is 2. The molecule has 0 radical (unpaired) electrons. The summed E-state index contributed by atoms with van der Waals surface area (Å²) in [6, 6.07) is 4.92. The molecule has 1 atom stereocenters. The molecule has 130 valence electrons. The predicted octanol–water partition coefficient (Wildman–Crippen LogP) is 1.65. The van der Waals surface area contributed by atoms with E-state index in [4.69, 9.17) is 16.3 Å². The molecule has 2 rings (SSSR count). The lowest BCUT2D eigenvalue weighted by molar-refractivity contribution is 0.108. The highest BCUT2D eigenvalue weighted by Gasteiger charge is 2.08. The van der Waals surface area contributed by atoms with Crippen molar-refractivity contribution < 1.29 is 14.6 Å². The zero-order valence-electron chi connectivity index (χ0n) is 13.4. The van der Waals surface area contributed by atoms with Crippen molar-refractivity contribution in [2.75, 3.05) is 19.7 Å². The average molecular weight is 353 g/mol. The van der Waals surface area contributed by atoms with E-state index in [9.17, 15) is 9.90 Å². The fourth-order valence-corrected chi connectivity index (χ4v) is 2.08. The average Bonchev–Trinajstić information content (AvgIpc) is 3.07. The lowest BCUT2D eigenvalue weighted by Crippen LogP contribution is -2.42. The van der Waals surface area contributed by atoms with Gasteiger partial charge < -0.3 is 25.5 Å². The van der Waals surface area contributed by atoms with Crippen molar-refractivity contribution in [1.82, 2.24) is 20.6 Å². The normalized spacial score (nSPS) is 11.8. The van der Waals surface area contributed by atoms with Gasteiger partial charge in [-0.25, -0.2) is 9.78 Å². The summed E-state index contributed by atoms with van der Waals surface area (Å²) in [5, 5.41) is 15.8. The molecule has 0 saturated heterocycles. The number of ether oxygens (including phenoxy) is 1. The first kappa shape index (κ1) is 18.1. The molecule has 7 nitrogen and oxygen atoms in total. The van der Waals surface area contributed by atoms with E-state index < -0.39 is 6.10 Å². The number of aromatic amines is 1. The van der Waals surface area contributed by atoms with E-state index in [1.54, 1.807) is 30.6 Å². The summed E-state index contributed by atoms with van der Waals surface area (Å²) in [4.78, 5) is 18.6. The smallest absolute Gasteiger partial charge is 0.314 e. The summed E-state index contributed by atoms with van der Waals surface area (Å²) in [6.45, 7) is 2.50. The van der Waals surface area contributed by atoms with Crippen LogP contribution in [0, 0.1) is 6.92 Å². The van der Waals surface area contributed by atoms with E-state index in [-0.39, 0.29) is 19.2 Å². The second kappa shape index (κ2) is 9.14. The third kappa shape index (κ3) is 6.10. The van der Waals surface area contributed by atoms with E-state index >= 15 is 0 Å². The second-order valence-electron chi connectivity index (χ2n) is 5.30. The van der Waals surface area contributed by atoms with Gasteiger partial charge in [-0.1, -0.05) is 11.6 Å². The zero-order chi connectivity index (χ0) is 17.4. The number of aromatic nitrogens is 2. The Kier molecular flexibility index (Phi) is 6.89. The number of aliphatic hydroxyl groups is 1. The van der Waals surface area contributed by atoms with Crippen LogP contribution in [0.4, 0.5) is 4.79 Å². The fraction of sp³-hybridized carbons (Fsp3) is 0.375. The van der Waals surface area contributed by atoms with Gasteiger partial charge in [0.05, 0.1) is 0 Å². The van der Waals surface area contributed by atoms with E-state index in [0.717, 1.165) is 11.4 Å². The molecule has 1 aromatic carbocycles. The Balaban J connectivity index is 1.60. The number of aliphatic hydroxyl groups excluding tert-OH is 1. The van der Waals surface area contributed by atoms with E-state index in [2.05, 4.69) is 20.6 Å². The third-order valence-corrected chi connectivity index (χ3v) is 3.70. The maximum Gasteiger partial charge on any atom is 0.314 e. The minimum absolute atomic E-state index is 0.0771. The zero-order valence-corrected chi connectivity index (χ0v) is 14.1. The Labute approximate surface area is 145 Å². The maximum absolute atomic E-state index is 11.6. The van der Waals surface area contributed by atoms with Crippen LogP contribution in [0.1, 0.15) is 11.4 Å². The van der Waals surface area contributed by atoms with Gasteiger partial charge in [0.25, 0.3) is 0 Å². The van der Waals surface area contributed by atoms with Crippen LogP contribution in [0.3, 0.4) is 0 Å². The van der Waals surface area contributed by atoms with Gasteiger partial charge in [-0.05, 0) is 30.7 Å². The van der Waals surface area contributed by atoms with Crippen LogP contribution in [0.2, 0.25) is 5.02 Å². The van der Waals surface area contributed by atoms with Crippen molar-refractivity contribution in [3.63, 3.8) is 0 Å². The first-order valence-corrected chi connectivity index (χ1v) is 7.99. The van der Waals surface area contributed by atoms with Crippen LogP contribution in [0.15, 0.2) is 30.6 Å². The number of halogens is 1. The Bertz CT molecular complexity index is 649. The van der Waals surface area contributed by atoms with E-state index in [1.165, 1.54) is 0 Å². The highest BCUT2D eigenvalue weighted by molar-refractivity contribution is 6.31. The molecule has 0 fully saturated rings. The molecule has 0 aliphatic rings. The highest BCUT2D eigenvalue weighted by Crippen LogP contribution is 2.20. The fourth-order valence-electron chi connectivity index (χ4n) is 1.96. The molecule has 0 unspecified atom stereocenters. The van der Waals surface area contributed by atoms with Gasteiger partial charge in [-0.15, -0.1) is 0 Å². The van der Waals surface area contributed by atoms with Crippen molar-refractivity contribution in [1.29, 1.82) is 0 Å². The molecule has 0 saturated carbocycles. The number of H-pyrrole nitrogens is 1. The number of nitrogens with one attached hydrogen (secondary N) is 3. The Hall–Kier alpha value is -2.25. The van der Waals surface area contributed by atoms with Gasteiger partial charge in [-0.2, -0.15) is 0 Å². The van der Waals surface area contributed by atoms with Gasteiger partial charge in [0.2, 0.25) is 0 Å². The van der Waals surface area contributed by atoms with E-state index in [0.29, 0.717) is 23.7 Å². The summed E-state index contributed by atoms with van der Waals surface area (Å²) >= 11 is 5.94. The summed E-state index contributed by atoms with van der Waals surface area (Å²) in [5.74, 6) is 1.43. The number of imidazole rings is 1. The number of hydrogen-bond donors (Lipinski definition) is 4. The topological polar surface area (TPSA) is 99.3 Å². The lowest BCUT2D eigenvalue weighted by Gasteiger charge is -2.14. The van der Waals surface area contributed by atoms with Gasteiger partial charge in [0.1, 0.15) is 24.3 Å². The number of hydrogen-bond acceptors (Lipinski definition) is 4. The quantitative estimate of drug-likeness (QED) is 0.580. The number of nitrogens with zero attached hydrogens (tertiary/aromatic N) is 1. The number of aryl methyl sites for hydroxylation is 1. The first-order valence-electron chi connectivity index (χ1n) is 7.61. The monoisotopic (exact) mass is 352 g/mol. The molecule has 4 N–H and O–H groups in total. The Morgan fingerprint density at radius 2 is 2.29 bits per heavy atom. The molecule has 1 heterocycles. The summed E-state index contributed by atoms with van der Waals surface area (Å²) < 4.78 is 5.47. The molecule has 24 heavy (non-hydrogen) atoms. The van der Waals surface area contributed by atoms with Gasteiger partial charge >= 0.3 is 6.03 Å². The molecule has 0 bridgehead atoms. The van der Waals surface area contributed by atoms with Crippen molar-refractivity contribution in [3.8, 4) is 5.75 Å². The van der Waals surface area contributed by atoms with Crippen LogP contribution in [-0.2, 0) is 6.42 Å². The SMILES string of the molecule is Cc1cc(OC[C@H](O)CNC(=O)NCCc2ncc[nH]2)ccc1Cl. The molecule has 2 aromatic rings. The summed E-state index contributed by atoms with van der Waals surface area (Å²) in [7, 11) is 0. The lowest BCUT2D eigenvalue weighted by atomic mass is 10.2. The van der Waals surface area contributed by atoms with Crippen LogP contribution in [-0.4, -0.2) is 46.9 Å². The van der Waals surface area contributed by atoms with Crippen LogP contribution < -0.4 is 15.4 Å². The van der Waals surface area contributed by atoms with Crippen LogP contribution >= 0.6 is 11.6 Å². The van der Waals surface area contributed by atoms with Crippen molar-refractivity contribution >= 4 is 17.6 Å². The highest BCUT2D eigenvalue weighted by atomic mass is 35.5. The number of urea groups is 1. The number of carbonyl (C=O) groups excluding carboxylic acids is 1.